The van der Waals surface area contributed by atoms with E-state index < -0.39 is 0 Å². The maximum atomic E-state index is 5.60. The van der Waals surface area contributed by atoms with Gasteiger partial charge in [-0.2, -0.15) is 5.10 Å². The molecule has 0 heterocycles. The van der Waals surface area contributed by atoms with Gasteiger partial charge in [0.15, 0.2) is 0 Å². The van der Waals surface area contributed by atoms with E-state index in [-0.39, 0.29) is 5.41 Å². The summed E-state index contributed by atoms with van der Waals surface area (Å²) in [7, 11) is 0. The predicted molar refractivity (Wildman–Crippen MR) is 119 cm³/mol. The molecule has 4 aliphatic rings. The number of nitrogens with one attached hydrogen (secondary N) is 1. The van der Waals surface area contributed by atoms with E-state index in [0.717, 1.165) is 47.4 Å². The quantitative estimate of drug-likeness (QED) is 0.501. The first-order chi connectivity index (χ1) is 13.5. The second-order valence-electron chi connectivity index (χ2n) is 9.65. The summed E-state index contributed by atoms with van der Waals surface area (Å²) in [6.07, 6.45) is 16.2. The second-order valence-corrected chi connectivity index (χ2v) is 9.65. The van der Waals surface area contributed by atoms with Crippen molar-refractivity contribution in [3.63, 3.8) is 0 Å². The van der Waals surface area contributed by atoms with Crippen LogP contribution in [0.5, 0.6) is 0 Å². The van der Waals surface area contributed by atoms with Gasteiger partial charge in [0.05, 0.1) is 5.71 Å². The molecule has 0 spiro atoms. The standard InChI is InChI=1S/C25H37N3/c1-5-16(2)20-8-9-22-21(20)10-11-24-23(22)7-6-18-14-19(12-13-25(18,24)4)28-27-17(3)15-26/h12-14,20-24,27H,2-3,5-11,15,26H2,1,4H3/b28-19+/t20?,21-,22?,23?,24?,25?/m1/s1. The number of fused-ring (bicyclic) bond motifs is 5. The average Bonchev–Trinajstić information content (AvgIpc) is 3.15. The Morgan fingerprint density at radius 3 is 2.71 bits per heavy atom. The Kier molecular flexibility index (Phi) is 5.39. The fourth-order valence-corrected chi connectivity index (χ4v) is 6.89. The van der Waals surface area contributed by atoms with Crippen LogP contribution in [-0.4, -0.2) is 12.3 Å². The molecule has 0 saturated heterocycles. The summed E-state index contributed by atoms with van der Waals surface area (Å²) >= 11 is 0. The van der Waals surface area contributed by atoms with Crippen molar-refractivity contribution >= 4 is 5.71 Å². The van der Waals surface area contributed by atoms with Crippen LogP contribution in [0, 0.1) is 35.0 Å². The van der Waals surface area contributed by atoms with E-state index in [0.29, 0.717) is 6.54 Å². The summed E-state index contributed by atoms with van der Waals surface area (Å²) in [5, 5.41) is 4.49. The van der Waals surface area contributed by atoms with Gasteiger partial charge in [0, 0.05) is 17.7 Å². The molecule has 0 aromatic carbocycles. The van der Waals surface area contributed by atoms with E-state index >= 15 is 0 Å². The fraction of sp³-hybridized carbons (Fsp3) is 0.640. The highest BCUT2D eigenvalue weighted by Crippen LogP contribution is 2.62. The summed E-state index contributed by atoms with van der Waals surface area (Å²) in [5.41, 5.74) is 13.6. The Bertz CT molecular complexity index is 743. The Labute approximate surface area is 170 Å². The maximum Gasteiger partial charge on any atom is 0.0830 e. The molecule has 3 saturated carbocycles. The molecule has 152 valence electrons. The van der Waals surface area contributed by atoms with Gasteiger partial charge in [-0.15, -0.1) is 0 Å². The summed E-state index contributed by atoms with van der Waals surface area (Å²) in [4.78, 5) is 0. The molecule has 4 rings (SSSR count). The van der Waals surface area contributed by atoms with E-state index in [9.17, 15) is 0 Å². The molecular formula is C25H37N3. The van der Waals surface area contributed by atoms with Crippen LogP contribution < -0.4 is 11.2 Å². The molecule has 3 nitrogen and oxygen atoms in total. The summed E-state index contributed by atoms with van der Waals surface area (Å²) in [6.45, 7) is 13.5. The molecule has 3 fully saturated rings. The Hall–Kier alpha value is -1.61. The van der Waals surface area contributed by atoms with E-state index in [1.807, 2.05) is 0 Å². The minimum atomic E-state index is 0.206. The third kappa shape index (κ3) is 3.22. The second kappa shape index (κ2) is 7.67. The van der Waals surface area contributed by atoms with Crippen LogP contribution in [0.2, 0.25) is 0 Å². The number of nitrogens with zero attached hydrogens (tertiary/aromatic N) is 1. The van der Waals surface area contributed by atoms with E-state index in [1.165, 1.54) is 44.1 Å². The molecule has 3 heteroatoms. The zero-order valence-corrected chi connectivity index (χ0v) is 17.7. The first kappa shape index (κ1) is 19.7. The molecule has 0 bridgehead atoms. The molecule has 6 atom stereocenters. The third-order valence-corrected chi connectivity index (χ3v) is 8.46. The Balaban J connectivity index is 1.53. The lowest BCUT2D eigenvalue weighted by molar-refractivity contribution is 0.0237. The van der Waals surface area contributed by atoms with Gasteiger partial charge in [0.1, 0.15) is 0 Å². The smallest absolute Gasteiger partial charge is 0.0830 e. The van der Waals surface area contributed by atoms with Gasteiger partial charge in [0.25, 0.3) is 0 Å². The molecular weight excluding hydrogens is 342 g/mol. The number of hydrogen-bond acceptors (Lipinski definition) is 3. The van der Waals surface area contributed by atoms with Crippen molar-refractivity contribution in [2.24, 2.45) is 45.8 Å². The Morgan fingerprint density at radius 2 is 1.96 bits per heavy atom. The van der Waals surface area contributed by atoms with Crippen LogP contribution in [0.25, 0.3) is 0 Å². The van der Waals surface area contributed by atoms with E-state index in [2.05, 4.69) is 55.8 Å². The zero-order valence-electron chi connectivity index (χ0n) is 17.7. The topological polar surface area (TPSA) is 50.4 Å². The van der Waals surface area contributed by atoms with Crippen LogP contribution >= 0.6 is 0 Å². The van der Waals surface area contributed by atoms with E-state index in [1.54, 1.807) is 5.57 Å². The molecule has 0 aromatic heterocycles. The lowest BCUT2D eigenvalue weighted by Gasteiger charge is -2.54. The Morgan fingerprint density at radius 1 is 1.18 bits per heavy atom. The minimum absolute atomic E-state index is 0.206. The van der Waals surface area contributed by atoms with Gasteiger partial charge in [-0.05, 0) is 86.7 Å². The highest BCUT2D eigenvalue weighted by atomic mass is 15.3. The van der Waals surface area contributed by atoms with E-state index in [4.69, 9.17) is 5.73 Å². The number of rotatable bonds is 5. The zero-order chi connectivity index (χ0) is 19.9. The lowest BCUT2D eigenvalue weighted by atomic mass is 9.51. The van der Waals surface area contributed by atoms with Crippen LogP contribution in [0.3, 0.4) is 0 Å². The average molecular weight is 380 g/mol. The van der Waals surface area contributed by atoms with Crippen molar-refractivity contribution in [1.82, 2.24) is 5.43 Å². The largest absolute Gasteiger partial charge is 0.325 e. The van der Waals surface area contributed by atoms with Crippen molar-refractivity contribution in [2.75, 3.05) is 6.54 Å². The monoisotopic (exact) mass is 379 g/mol. The molecule has 0 radical (unpaired) electrons. The number of allylic oxidation sites excluding steroid dienone is 5. The van der Waals surface area contributed by atoms with Crippen LogP contribution in [0.15, 0.2) is 53.3 Å². The third-order valence-electron chi connectivity index (χ3n) is 8.46. The van der Waals surface area contributed by atoms with Gasteiger partial charge in [-0.1, -0.05) is 44.2 Å². The highest BCUT2D eigenvalue weighted by Gasteiger charge is 2.53. The van der Waals surface area contributed by atoms with Crippen LogP contribution in [-0.2, 0) is 0 Å². The number of nitrogens with two attached hydrogens (primary N) is 1. The van der Waals surface area contributed by atoms with Gasteiger partial charge >= 0.3 is 0 Å². The van der Waals surface area contributed by atoms with Crippen molar-refractivity contribution in [1.29, 1.82) is 0 Å². The van der Waals surface area contributed by atoms with Gasteiger partial charge < -0.3 is 5.73 Å². The summed E-state index contributed by atoms with van der Waals surface area (Å²) in [6, 6.07) is 0. The lowest BCUT2D eigenvalue weighted by Crippen LogP contribution is -2.46. The molecule has 0 aromatic rings. The SMILES string of the molecule is C=C(CN)N/N=C1\C=CC2(C)C(=C1)CCC1C3CCC(C(=C)CC)[C@H]3CCC12. The first-order valence-electron chi connectivity index (χ1n) is 11.3. The van der Waals surface area contributed by atoms with Crippen molar-refractivity contribution in [2.45, 2.75) is 58.8 Å². The van der Waals surface area contributed by atoms with Crippen LogP contribution in [0.1, 0.15) is 58.8 Å². The van der Waals surface area contributed by atoms with Gasteiger partial charge in [-0.25, -0.2) is 0 Å². The summed E-state index contributed by atoms with van der Waals surface area (Å²) < 4.78 is 0. The normalized spacial score (nSPS) is 40.3. The number of hydrogen-bond donors (Lipinski definition) is 2. The molecule has 4 aliphatic carbocycles. The maximum absolute atomic E-state index is 5.60. The highest BCUT2D eigenvalue weighted by molar-refractivity contribution is 6.05. The van der Waals surface area contributed by atoms with Crippen molar-refractivity contribution < 1.29 is 0 Å². The molecule has 0 aliphatic heterocycles. The molecule has 3 N–H and O–H groups in total. The first-order valence-corrected chi connectivity index (χ1v) is 11.3. The van der Waals surface area contributed by atoms with Gasteiger partial charge in [-0.3, -0.25) is 5.43 Å². The molecule has 0 amide bonds. The molecule has 5 unspecified atom stereocenters. The summed E-state index contributed by atoms with van der Waals surface area (Å²) in [5.74, 6) is 4.28. The van der Waals surface area contributed by atoms with Crippen molar-refractivity contribution in [3.8, 4) is 0 Å². The number of hydrazone groups is 1. The minimum Gasteiger partial charge on any atom is -0.325 e. The fourth-order valence-electron chi connectivity index (χ4n) is 6.89. The van der Waals surface area contributed by atoms with Crippen molar-refractivity contribution in [3.05, 3.63) is 48.2 Å². The molecule has 28 heavy (non-hydrogen) atoms. The van der Waals surface area contributed by atoms with Crippen LogP contribution in [0.4, 0.5) is 0 Å². The van der Waals surface area contributed by atoms with Gasteiger partial charge in [0.2, 0.25) is 0 Å². The predicted octanol–water partition coefficient (Wildman–Crippen LogP) is 5.34.